The van der Waals surface area contributed by atoms with E-state index in [2.05, 4.69) is 4.74 Å². The van der Waals surface area contributed by atoms with Crippen LogP contribution in [0.4, 0.5) is 0 Å². The van der Waals surface area contributed by atoms with Crippen LogP contribution in [0.15, 0.2) is 0 Å². The van der Waals surface area contributed by atoms with Crippen molar-refractivity contribution >= 4 is 11.8 Å². The van der Waals surface area contributed by atoms with Gasteiger partial charge >= 0.3 is 5.97 Å². The van der Waals surface area contributed by atoms with Gasteiger partial charge in [-0.15, -0.1) is 0 Å². The van der Waals surface area contributed by atoms with E-state index in [1.807, 2.05) is 0 Å². The molecular formula is C10H16O5. The van der Waals surface area contributed by atoms with Crippen LogP contribution in [0.3, 0.4) is 0 Å². The van der Waals surface area contributed by atoms with Crippen LogP contribution >= 0.6 is 0 Å². The minimum absolute atomic E-state index is 0.228. The van der Waals surface area contributed by atoms with Gasteiger partial charge in [0.05, 0.1) is 26.9 Å². The van der Waals surface area contributed by atoms with E-state index in [1.54, 1.807) is 6.92 Å². The van der Waals surface area contributed by atoms with Gasteiger partial charge in [-0.25, -0.2) is 0 Å². The Hall–Kier alpha value is -0.940. The third kappa shape index (κ3) is 3.00. The summed E-state index contributed by atoms with van der Waals surface area (Å²) in [5, 5.41) is 0. The second-order valence-electron chi connectivity index (χ2n) is 3.32. The predicted molar refractivity (Wildman–Crippen MR) is 51.4 cm³/mol. The summed E-state index contributed by atoms with van der Waals surface area (Å²) >= 11 is 0. The van der Waals surface area contributed by atoms with Gasteiger partial charge in [-0.3, -0.25) is 9.59 Å². The largest absolute Gasteiger partial charge is 0.468 e. The maximum absolute atomic E-state index is 11.8. The molecule has 1 rings (SSSR count). The summed E-state index contributed by atoms with van der Waals surface area (Å²) in [4.78, 5) is 23.1. The predicted octanol–water partition coefficient (Wildman–Crippen LogP) is 0.170. The molecule has 0 radical (unpaired) electrons. The van der Waals surface area contributed by atoms with E-state index in [4.69, 9.17) is 9.47 Å². The number of rotatable bonds is 4. The van der Waals surface area contributed by atoms with Crippen molar-refractivity contribution in [2.75, 3.05) is 26.9 Å². The zero-order chi connectivity index (χ0) is 11.3. The number of methoxy groups -OCH3 is 1. The molecule has 15 heavy (non-hydrogen) atoms. The highest BCUT2D eigenvalue weighted by atomic mass is 16.6. The third-order valence-corrected chi connectivity index (χ3v) is 2.37. The van der Waals surface area contributed by atoms with Crippen LogP contribution in [0.5, 0.6) is 0 Å². The van der Waals surface area contributed by atoms with Gasteiger partial charge in [0, 0.05) is 0 Å². The van der Waals surface area contributed by atoms with E-state index in [0.717, 1.165) is 0 Å². The maximum Gasteiger partial charge on any atom is 0.316 e. The van der Waals surface area contributed by atoms with Crippen molar-refractivity contribution in [1.82, 2.24) is 0 Å². The first kappa shape index (κ1) is 12.1. The molecule has 1 saturated heterocycles. The SMILES string of the molecule is CCC(C(=O)OC)C(=O)C1COCCO1. The molecule has 1 aliphatic rings. The van der Waals surface area contributed by atoms with E-state index in [0.29, 0.717) is 19.6 Å². The number of esters is 1. The van der Waals surface area contributed by atoms with E-state index in [1.165, 1.54) is 7.11 Å². The summed E-state index contributed by atoms with van der Waals surface area (Å²) < 4.78 is 14.9. The van der Waals surface area contributed by atoms with Gasteiger partial charge in [-0.1, -0.05) is 6.92 Å². The summed E-state index contributed by atoms with van der Waals surface area (Å²) in [7, 11) is 1.27. The number of ether oxygens (including phenoxy) is 3. The number of carbonyl (C=O) groups excluding carboxylic acids is 2. The minimum atomic E-state index is -0.735. The van der Waals surface area contributed by atoms with Crippen molar-refractivity contribution in [2.45, 2.75) is 19.4 Å². The molecule has 5 nitrogen and oxygen atoms in total. The highest BCUT2D eigenvalue weighted by molar-refractivity contribution is 6.01. The Morgan fingerprint density at radius 3 is 2.67 bits per heavy atom. The molecule has 1 aliphatic heterocycles. The van der Waals surface area contributed by atoms with Crippen molar-refractivity contribution in [3.63, 3.8) is 0 Å². The number of carbonyl (C=O) groups is 2. The smallest absolute Gasteiger partial charge is 0.316 e. The van der Waals surface area contributed by atoms with Crippen LogP contribution in [0.25, 0.3) is 0 Å². The van der Waals surface area contributed by atoms with E-state index in [9.17, 15) is 9.59 Å². The lowest BCUT2D eigenvalue weighted by Gasteiger charge is -2.24. The number of Topliss-reactive ketones (excluding diaryl/α,β-unsaturated/α-hetero) is 1. The van der Waals surface area contributed by atoms with Gasteiger partial charge in [0.25, 0.3) is 0 Å². The molecule has 2 atom stereocenters. The minimum Gasteiger partial charge on any atom is -0.468 e. The molecule has 0 N–H and O–H groups in total. The second kappa shape index (κ2) is 5.82. The molecule has 2 unspecified atom stereocenters. The molecule has 0 aromatic heterocycles. The first-order chi connectivity index (χ1) is 7.20. The van der Waals surface area contributed by atoms with Crippen molar-refractivity contribution < 1.29 is 23.8 Å². The Kier molecular flexibility index (Phi) is 4.71. The topological polar surface area (TPSA) is 61.8 Å². The van der Waals surface area contributed by atoms with Crippen LogP contribution < -0.4 is 0 Å². The van der Waals surface area contributed by atoms with Crippen LogP contribution in [-0.4, -0.2) is 44.8 Å². The van der Waals surface area contributed by atoms with Crippen molar-refractivity contribution in [1.29, 1.82) is 0 Å². The molecule has 86 valence electrons. The van der Waals surface area contributed by atoms with Crippen LogP contribution in [0.1, 0.15) is 13.3 Å². The summed E-state index contributed by atoms with van der Waals surface area (Å²) in [5.74, 6) is -1.48. The molecule has 5 heteroatoms. The first-order valence-electron chi connectivity index (χ1n) is 5.01. The summed E-state index contributed by atoms with van der Waals surface area (Å²) in [6.45, 7) is 2.89. The molecule has 0 spiro atoms. The van der Waals surface area contributed by atoms with E-state index >= 15 is 0 Å². The van der Waals surface area contributed by atoms with E-state index in [-0.39, 0.29) is 12.4 Å². The standard InChI is InChI=1S/C10H16O5/c1-3-7(10(12)13-2)9(11)8-6-14-4-5-15-8/h7-8H,3-6H2,1-2H3. The fourth-order valence-electron chi connectivity index (χ4n) is 1.50. The molecule has 1 fully saturated rings. The number of ketones is 1. The lowest BCUT2D eigenvalue weighted by molar-refractivity contribution is -0.159. The fraction of sp³-hybridized carbons (Fsp3) is 0.800. The van der Waals surface area contributed by atoms with Crippen molar-refractivity contribution in [3.05, 3.63) is 0 Å². The second-order valence-corrected chi connectivity index (χ2v) is 3.32. The zero-order valence-corrected chi connectivity index (χ0v) is 9.02. The Bertz CT molecular complexity index is 232. The van der Waals surface area contributed by atoms with Crippen LogP contribution in [0.2, 0.25) is 0 Å². The Morgan fingerprint density at radius 2 is 2.20 bits per heavy atom. The number of hydrogen-bond donors (Lipinski definition) is 0. The Morgan fingerprint density at radius 1 is 1.47 bits per heavy atom. The van der Waals surface area contributed by atoms with Crippen LogP contribution in [0, 0.1) is 5.92 Å². The Balaban J connectivity index is 2.58. The number of hydrogen-bond acceptors (Lipinski definition) is 5. The molecule has 0 aliphatic carbocycles. The summed E-state index contributed by atoms with van der Waals surface area (Å²) in [5.41, 5.74) is 0. The van der Waals surface area contributed by atoms with Gasteiger partial charge in [0.15, 0.2) is 5.78 Å². The van der Waals surface area contributed by atoms with Gasteiger partial charge in [-0.2, -0.15) is 0 Å². The highest BCUT2D eigenvalue weighted by Crippen LogP contribution is 2.13. The van der Waals surface area contributed by atoms with Gasteiger partial charge in [0.2, 0.25) is 0 Å². The molecule has 0 aromatic carbocycles. The maximum atomic E-state index is 11.8. The summed E-state index contributed by atoms with van der Waals surface area (Å²) in [6.07, 6.45) is -0.200. The third-order valence-electron chi connectivity index (χ3n) is 2.37. The summed E-state index contributed by atoms with van der Waals surface area (Å²) in [6, 6.07) is 0. The quantitative estimate of drug-likeness (QED) is 0.495. The Labute approximate surface area is 88.7 Å². The molecule has 0 amide bonds. The average Bonchev–Trinajstić information content (AvgIpc) is 2.30. The molecular weight excluding hydrogens is 200 g/mol. The molecule has 0 bridgehead atoms. The van der Waals surface area contributed by atoms with Gasteiger partial charge in [0.1, 0.15) is 12.0 Å². The normalized spacial score (nSPS) is 23.2. The van der Waals surface area contributed by atoms with Crippen molar-refractivity contribution in [3.8, 4) is 0 Å². The molecule has 0 saturated carbocycles. The zero-order valence-electron chi connectivity index (χ0n) is 9.02. The monoisotopic (exact) mass is 216 g/mol. The van der Waals surface area contributed by atoms with E-state index < -0.39 is 18.0 Å². The fourth-order valence-corrected chi connectivity index (χ4v) is 1.50. The first-order valence-corrected chi connectivity index (χ1v) is 5.01. The lowest BCUT2D eigenvalue weighted by atomic mass is 9.97. The molecule has 1 heterocycles. The van der Waals surface area contributed by atoms with Crippen molar-refractivity contribution in [2.24, 2.45) is 5.92 Å². The van der Waals surface area contributed by atoms with Crippen LogP contribution in [-0.2, 0) is 23.8 Å². The lowest BCUT2D eigenvalue weighted by Crippen LogP contribution is -2.41. The van der Waals surface area contributed by atoms with Gasteiger partial charge < -0.3 is 14.2 Å². The average molecular weight is 216 g/mol. The van der Waals surface area contributed by atoms with Gasteiger partial charge in [-0.05, 0) is 6.42 Å². The highest BCUT2D eigenvalue weighted by Gasteiger charge is 2.33. The molecule has 0 aromatic rings.